The van der Waals surface area contributed by atoms with Crippen LogP contribution in [-0.4, -0.2) is 19.7 Å². The molecular formula is C27H21ClN2O5. The highest BCUT2D eigenvalue weighted by Gasteiger charge is 2.31. The number of benzene rings is 3. The highest BCUT2D eigenvalue weighted by atomic mass is 35.5. The number of hydrogen-bond donors (Lipinski definition) is 1. The molecule has 0 saturated carbocycles. The van der Waals surface area contributed by atoms with Crippen LogP contribution in [-0.2, 0) is 0 Å². The van der Waals surface area contributed by atoms with Gasteiger partial charge in [0.05, 0.1) is 18.6 Å². The average molecular weight is 489 g/mol. The number of nitriles is 1. The summed E-state index contributed by atoms with van der Waals surface area (Å²) in [5, 5.41) is 10.2. The van der Waals surface area contributed by atoms with Crippen molar-refractivity contribution in [1.29, 1.82) is 5.26 Å². The van der Waals surface area contributed by atoms with E-state index in [2.05, 4.69) is 12.6 Å². The molecule has 1 aliphatic heterocycles. The molecule has 1 atom stereocenters. The summed E-state index contributed by atoms with van der Waals surface area (Å²) >= 11 is 5.97. The molecule has 3 aromatic rings. The van der Waals surface area contributed by atoms with Crippen LogP contribution < -0.4 is 24.7 Å². The lowest BCUT2D eigenvalue weighted by molar-refractivity contribution is 0.0734. The van der Waals surface area contributed by atoms with Crippen LogP contribution in [0.3, 0.4) is 0 Å². The van der Waals surface area contributed by atoms with E-state index in [9.17, 15) is 10.1 Å². The van der Waals surface area contributed by atoms with E-state index in [1.54, 1.807) is 54.6 Å². The van der Waals surface area contributed by atoms with Gasteiger partial charge in [-0.25, -0.2) is 4.79 Å². The second kappa shape index (κ2) is 10.2. The molecule has 0 aliphatic carbocycles. The predicted octanol–water partition coefficient (Wildman–Crippen LogP) is 5.35. The van der Waals surface area contributed by atoms with E-state index in [1.165, 1.54) is 13.2 Å². The van der Waals surface area contributed by atoms with E-state index in [0.717, 1.165) is 5.56 Å². The topological polar surface area (TPSA) is 104 Å². The molecule has 1 heterocycles. The number of methoxy groups -OCH3 is 1. The normalized spacial score (nSPS) is 14.3. The molecule has 3 aromatic carbocycles. The van der Waals surface area contributed by atoms with E-state index < -0.39 is 11.9 Å². The number of carbonyl (C=O) groups excluding carboxylic acids is 1. The molecule has 0 bridgehead atoms. The Morgan fingerprint density at radius 3 is 2.74 bits per heavy atom. The standard InChI is InChI=1S/C27H21ClN2O5/c1-3-11-33-22-10-7-16(13-24(22)32-2)25-20-9-8-19(14-23(20)35-26(30)21(25)15-29)34-27(31)17-5-4-6-18(28)12-17/h3-10,12-14,25H,1,11,30H2,2H3. The minimum absolute atomic E-state index is 0.0331. The lowest BCUT2D eigenvalue weighted by atomic mass is 9.83. The van der Waals surface area contributed by atoms with Gasteiger partial charge in [-0.3, -0.25) is 0 Å². The minimum atomic E-state index is -0.569. The fraction of sp³-hybridized carbons (Fsp3) is 0.111. The molecule has 2 N–H and O–H groups in total. The summed E-state index contributed by atoms with van der Waals surface area (Å²) in [6.45, 7) is 3.97. The summed E-state index contributed by atoms with van der Waals surface area (Å²) in [5.74, 6) is 0.543. The number of nitrogens with two attached hydrogens (primary N) is 1. The van der Waals surface area contributed by atoms with Gasteiger partial charge in [-0.2, -0.15) is 5.26 Å². The molecule has 0 fully saturated rings. The second-order valence-electron chi connectivity index (χ2n) is 7.53. The molecule has 0 amide bonds. The molecule has 7 nitrogen and oxygen atoms in total. The van der Waals surface area contributed by atoms with Gasteiger partial charge in [0, 0.05) is 16.7 Å². The number of ether oxygens (including phenoxy) is 4. The van der Waals surface area contributed by atoms with Crippen molar-refractivity contribution in [1.82, 2.24) is 0 Å². The third-order valence-electron chi connectivity index (χ3n) is 5.34. The van der Waals surface area contributed by atoms with Gasteiger partial charge in [0.25, 0.3) is 0 Å². The van der Waals surface area contributed by atoms with Crippen molar-refractivity contribution < 1.29 is 23.7 Å². The van der Waals surface area contributed by atoms with Gasteiger partial charge in [-0.1, -0.05) is 42.5 Å². The monoisotopic (exact) mass is 488 g/mol. The Labute approximate surface area is 207 Å². The van der Waals surface area contributed by atoms with Crippen LogP contribution in [0.2, 0.25) is 5.02 Å². The van der Waals surface area contributed by atoms with E-state index in [1.807, 2.05) is 6.07 Å². The Kier molecular flexibility index (Phi) is 6.95. The van der Waals surface area contributed by atoms with E-state index in [-0.39, 0.29) is 17.2 Å². The number of esters is 1. The van der Waals surface area contributed by atoms with E-state index >= 15 is 0 Å². The second-order valence-corrected chi connectivity index (χ2v) is 7.97. The van der Waals surface area contributed by atoms with Crippen LogP contribution in [0.15, 0.2) is 84.8 Å². The number of carbonyl (C=O) groups is 1. The van der Waals surface area contributed by atoms with Crippen molar-refractivity contribution in [2.45, 2.75) is 5.92 Å². The maximum atomic E-state index is 12.5. The van der Waals surface area contributed by atoms with E-state index in [0.29, 0.717) is 40.0 Å². The Morgan fingerprint density at radius 1 is 1.20 bits per heavy atom. The SMILES string of the molecule is C=CCOc1ccc(C2C(C#N)=C(N)Oc3cc(OC(=O)c4cccc(Cl)c4)ccc32)cc1OC. The third-order valence-corrected chi connectivity index (χ3v) is 5.57. The van der Waals surface area contributed by atoms with Gasteiger partial charge in [-0.05, 0) is 42.0 Å². The fourth-order valence-electron chi connectivity index (χ4n) is 3.76. The van der Waals surface area contributed by atoms with Crippen LogP contribution in [0, 0.1) is 11.3 Å². The molecule has 4 rings (SSSR count). The first-order valence-corrected chi connectivity index (χ1v) is 10.9. The van der Waals surface area contributed by atoms with Gasteiger partial charge < -0.3 is 24.7 Å². The Morgan fingerprint density at radius 2 is 2.03 bits per heavy atom. The Bertz CT molecular complexity index is 1380. The smallest absolute Gasteiger partial charge is 0.343 e. The lowest BCUT2D eigenvalue weighted by Crippen LogP contribution is -2.21. The zero-order chi connectivity index (χ0) is 24.9. The first kappa shape index (κ1) is 23.7. The van der Waals surface area contributed by atoms with Crippen LogP contribution in [0.1, 0.15) is 27.4 Å². The van der Waals surface area contributed by atoms with Crippen LogP contribution in [0.25, 0.3) is 0 Å². The first-order valence-electron chi connectivity index (χ1n) is 10.6. The molecule has 1 unspecified atom stereocenters. The fourth-order valence-corrected chi connectivity index (χ4v) is 3.95. The molecule has 0 spiro atoms. The number of allylic oxidation sites excluding steroid dienone is 1. The zero-order valence-corrected chi connectivity index (χ0v) is 19.5. The van der Waals surface area contributed by atoms with Crippen LogP contribution in [0.5, 0.6) is 23.0 Å². The zero-order valence-electron chi connectivity index (χ0n) is 18.8. The van der Waals surface area contributed by atoms with Crippen molar-refractivity contribution in [3.63, 3.8) is 0 Å². The largest absolute Gasteiger partial charge is 0.493 e. The highest BCUT2D eigenvalue weighted by molar-refractivity contribution is 6.30. The van der Waals surface area contributed by atoms with Crippen LogP contribution in [0.4, 0.5) is 0 Å². The summed E-state index contributed by atoms with van der Waals surface area (Å²) in [5.41, 5.74) is 8.10. The molecule has 35 heavy (non-hydrogen) atoms. The number of nitrogens with zero attached hydrogens (tertiary/aromatic N) is 1. The molecule has 0 aromatic heterocycles. The summed E-state index contributed by atoms with van der Waals surface area (Å²) in [6, 6.07) is 18.9. The lowest BCUT2D eigenvalue weighted by Gasteiger charge is -2.27. The number of hydrogen-bond acceptors (Lipinski definition) is 7. The van der Waals surface area contributed by atoms with Gasteiger partial charge in [0.1, 0.15) is 29.7 Å². The van der Waals surface area contributed by atoms with Crippen molar-refractivity contribution >= 4 is 17.6 Å². The van der Waals surface area contributed by atoms with Gasteiger partial charge in [-0.15, -0.1) is 0 Å². The molecule has 8 heteroatoms. The van der Waals surface area contributed by atoms with Crippen molar-refractivity contribution in [2.24, 2.45) is 5.73 Å². The number of fused-ring (bicyclic) bond motifs is 1. The number of rotatable bonds is 7. The summed E-state index contributed by atoms with van der Waals surface area (Å²) in [6.07, 6.45) is 1.64. The predicted molar refractivity (Wildman–Crippen MR) is 131 cm³/mol. The number of halogens is 1. The molecule has 1 aliphatic rings. The highest BCUT2D eigenvalue weighted by Crippen LogP contribution is 2.45. The summed E-state index contributed by atoms with van der Waals surface area (Å²) < 4.78 is 22.3. The van der Waals surface area contributed by atoms with E-state index in [4.69, 9.17) is 36.3 Å². The Balaban J connectivity index is 1.70. The molecule has 176 valence electrons. The maximum absolute atomic E-state index is 12.5. The summed E-state index contributed by atoms with van der Waals surface area (Å²) in [4.78, 5) is 12.5. The van der Waals surface area contributed by atoms with Crippen molar-refractivity contribution in [3.05, 3.63) is 106 Å². The molecular weight excluding hydrogens is 468 g/mol. The molecule has 0 saturated heterocycles. The van der Waals surface area contributed by atoms with Gasteiger partial charge >= 0.3 is 5.97 Å². The average Bonchev–Trinajstić information content (AvgIpc) is 2.86. The van der Waals surface area contributed by atoms with Crippen molar-refractivity contribution in [2.75, 3.05) is 13.7 Å². The quantitative estimate of drug-likeness (QED) is 0.271. The Hall–Kier alpha value is -4.41. The first-order chi connectivity index (χ1) is 16.9. The molecule has 0 radical (unpaired) electrons. The third kappa shape index (κ3) is 4.93. The van der Waals surface area contributed by atoms with Gasteiger partial charge in [0.15, 0.2) is 11.5 Å². The van der Waals surface area contributed by atoms with Crippen LogP contribution >= 0.6 is 11.6 Å². The maximum Gasteiger partial charge on any atom is 0.343 e. The summed E-state index contributed by atoms with van der Waals surface area (Å²) in [7, 11) is 1.54. The van der Waals surface area contributed by atoms with Gasteiger partial charge in [0.2, 0.25) is 5.88 Å². The minimum Gasteiger partial charge on any atom is -0.493 e. The van der Waals surface area contributed by atoms with Crippen molar-refractivity contribution in [3.8, 4) is 29.1 Å².